The molecule has 0 aliphatic carbocycles. The van der Waals surface area contributed by atoms with Crippen molar-refractivity contribution in [3.8, 4) is 0 Å². The molecule has 0 aromatic rings. The zero-order valence-corrected chi connectivity index (χ0v) is 15.8. The first-order valence-electron chi connectivity index (χ1n) is 10.3. The Bertz CT molecular complexity index is 255. The van der Waals surface area contributed by atoms with Gasteiger partial charge in [-0.3, -0.25) is 0 Å². The summed E-state index contributed by atoms with van der Waals surface area (Å²) in [5, 5.41) is 8.63. The summed E-state index contributed by atoms with van der Waals surface area (Å²) in [5.74, 6) is 0. The molecule has 0 amide bonds. The van der Waals surface area contributed by atoms with Gasteiger partial charge in [0.15, 0.2) is 0 Å². The van der Waals surface area contributed by atoms with Crippen molar-refractivity contribution in [1.29, 1.82) is 0 Å². The van der Waals surface area contributed by atoms with Crippen LogP contribution < -0.4 is 0 Å². The third-order valence-corrected chi connectivity index (χ3v) is 4.40. The van der Waals surface area contributed by atoms with E-state index < -0.39 is 0 Å². The fourth-order valence-electron chi connectivity index (χ4n) is 2.88. The van der Waals surface area contributed by atoms with Crippen molar-refractivity contribution in [2.75, 3.05) is 6.61 Å². The molecule has 0 spiro atoms. The Kier molecular flexibility index (Phi) is 20.9. The molecule has 23 heavy (non-hydrogen) atoms. The minimum Gasteiger partial charge on any atom is -0.396 e. The van der Waals surface area contributed by atoms with Crippen LogP contribution in [-0.4, -0.2) is 11.7 Å². The van der Waals surface area contributed by atoms with Gasteiger partial charge in [0.2, 0.25) is 0 Å². The lowest BCUT2D eigenvalue weighted by molar-refractivity contribution is 0.302. The normalized spacial score (nSPS) is 11.9. The van der Waals surface area contributed by atoms with Crippen LogP contribution in [0.2, 0.25) is 0 Å². The molecule has 1 nitrogen and oxygen atoms in total. The SMILES string of the molecule is CCCCCCCCCCCCCCCCC=CC=CCCO. The summed E-state index contributed by atoms with van der Waals surface area (Å²) in [6.45, 7) is 2.54. The van der Waals surface area contributed by atoms with Gasteiger partial charge in [0, 0.05) is 6.61 Å². The van der Waals surface area contributed by atoms with Crippen LogP contribution in [0, 0.1) is 0 Å². The molecule has 0 aliphatic rings. The van der Waals surface area contributed by atoms with E-state index >= 15 is 0 Å². The van der Waals surface area contributed by atoms with Crippen LogP contribution >= 0.6 is 0 Å². The van der Waals surface area contributed by atoms with E-state index in [0.717, 1.165) is 6.42 Å². The number of aliphatic hydroxyl groups excluding tert-OH is 1. The maximum absolute atomic E-state index is 8.63. The van der Waals surface area contributed by atoms with Crippen LogP contribution in [0.25, 0.3) is 0 Å². The largest absolute Gasteiger partial charge is 0.396 e. The van der Waals surface area contributed by atoms with Crippen LogP contribution in [0.15, 0.2) is 24.3 Å². The fourth-order valence-corrected chi connectivity index (χ4v) is 2.88. The molecule has 0 saturated heterocycles. The molecule has 0 aliphatic heterocycles. The summed E-state index contributed by atoms with van der Waals surface area (Å²) >= 11 is 0. The first-order valence-corrected chi connectivity index (χ1v) is 10.3. The second-order valence-electron chi connectivity index (χ2n) is 6.75. The molecule has 1 heteroatoms. The highest BCUT2D eigenvalue weighted by Crippen LogP contribution is 2.13. The molecule has 0 bridgehead atoms. The van der Waals surface area contributed by atoms with Crippen LogP contribution in [-0.2, 0) is 0 Å². The van der Waals surface area contributed by atoms with Gasteiger partial charge in [-0.15, -0.1) is 0 Å². The monoisotopic (exact) mass is 322 g/mol. The van der Waals surface area contributed by atoms with E-state index in [1.165, 1.54) is 96.3 Å². The van der Waals surface area contributed by atoms with E-state index in [4.69, 9.17) is 5.11 Å². The summed E-state index contributed by atoms with van der Waals surface area (Å²) in [6.07, 6.45) is 30.3. The minimum absolute atomic E-state index is 0.253. The van der Waals surface area contributed by atoms with Crippen LogP contribution in [0.5, 0.6) is 0 Å². The fraction of sp³-hybridized carbons (Fsp3) is 0.818. The summed E-state index contributed by atoms with van der Waals surface area (Å²) in [7, 11) is 0. The van der Waals surface area contributed by atoms with Crippen molar-refractivity contribution in [1.82, 2.24) is 0 Å². The van der Waals surface area contributed by atoms with Crippen LogP contribution in [0.4, 0.5) is 0 Å². The molecular weight excluding hydrogens is 280 g/mol. The van der Waals surface area contributed by atoms with Gasteiger partial charge >= 0.3 is 0 Å². The molecule has 0 rings (SSSR count). The third-order valence-electron chi connectivity index (χ3n) is 4.40. The predicted molar refractivity (Wildman–Crippen MR) is 105 cm³/mol. The molecule has 0 saturated carbocycles. The van der Waals surface area contributed by atoms with Crippen molar-refractivity contribution in [3.63, 3.8) is 0 Å². The van der Waals surface area contributed by atoms with Crippen LogP contribution in [0.1, 0.15) is 110 Å². The maximum Gasteiger partial charge on any atom is 0.0465 e. The first-order chi connectivity index (χ1) is 11.4. The molecule has 1 N–H and O–H groups in total. The van der Waals surface area contributed by atoms with E-state index in [-0.39, 0.29) is 6.61 Å². The Morgan fingerprint density at radius 2 is 0.913 bits per heavy atom. The standard InChI is InChI=1S/C22H42O/c1-2-3-4-5-6-7-8-9-10-11-12-13-14-15-16-17-18-19-20-21-22-23/h17-20,23H,2-16,21-22H2,1H3. The van der Waals surface area contributed by atoms with Gasteiger partial charge in [0.25, 0.3) is 0 Å². The molecule has 0 atom stereocenters. The van der Waals surface area contributed by atoms with Crippen molar-refractivity contribution >= 4 is 0 Å². The molecular formula is C22H42O. The highest BCUT2D eigenvalue weighted by atomic mass is 16.2. The molecule has 0 aromatic heterocycles. The van der Waals surface area contributed by atoms with E-state index in [1.807, 2.05) is 12.2 Å². The second-order valence-corrected chi connectivity index (χ2v) is 6.75. The number of rotatable bonds is 18. The number of aliphatic hydroxyl groups is 1. The first kappa shape index (κ1) is 22.4. The zero-order valence-electron chi connectivity index (χ0n) is 15.8. The van der Waals surface area contributed by atoms with Crippen molar-refractivity contribution in [2.45, 2.75) is 110 Å². The second kappa shape index (κ2) is 21.4. The number of allylic oxidation sites excluding steroid dienone is 3. The van der Waals surface area contributed by atoms with E-state index in [1.54, 1.807) is 0 Å². The molecule has 0 heterocycles. The van der Waals surface area contributed by atoms with Gasteiger partial charge in [-0.2, -0.15) is 0 Å². The number of hydrogen-bond acceptors (Lipinski definition) is 1. The van der Waals surface area contributed by atoms with Gasteiger partial charge in [0.1, 0.15) is 0 Å². The Morgan fingerprint density at radius 3 is 1.35 bits per heavy atom. The highest BCUT2D eigenvalue weighted by molar-refractivity contribution is 5.02. The van der Waals surface area contributed by atoms with Gasteiger partial charge in [-0.1, -0.05) is 115 Å². The van der Waals surface area contributed by atoms with Gasteiger partial charge in [-0.05, 0) is 19.3 Å². The average molecular weight is 323 g/mol. The van der Waals surface area contributed by atoms with Crippen LogP contribution in [0.3, 0.4) is 0 Å². The zero-order chi connectivity index (χ0) is 16.8. The molecule has 0 radical (unpaired) electrons. The van der Waals surface area contributed by atoms with Crippen molar-refractivity contribution in [2.24, 2.45) is 0 Å². The molecule has 0 aromatic carbocycles. The predicted octanol–water partition coefficient (Wildman–Crippen LogP) is 7.35. The Morgan fingerprint density at radius 1 is 0.522 bits per heavy atom. The number of hydrogen-bond donors (Lipinski definition) is 1. The summed E-state index contributed by atoms with van der Waals surface area (Å²) in [6, 6.07) is 0. The lowest BCUT2D eigenvalue weighted by atomic mass is 10.0. The van der Waals surface area contributed by atoms with Gasteiger partial charge in [0.05, 0.1) is 0 Å². The van der Waals surface area contributed by atoms with E-state index in [9.17, 15) is 0 Å². The van der Waals surface area contributed by atoms with Gasteiger partial charge < -0.3 is 5.11 Å². The highest BCUT2D eigenvalue weighted by Gasteiger charge is 1.93. The third kappa shape index (κ3) is 21.4. The Hall–Kier alpha value is -0.560. The summed E-state index contributed by atoms with van der Waals surface area (Å²) < 4.78 is 0. The topological polar surface area (TPSA) is 20.2 Å². The van der Waals surface area contributed by atoms with Gasteiger partial charge in [-0.25, -0.2) is 0 Å². The molecule has 0 fully saturated rings. The van der Waals surface area contributed by atoms with E-state index in [0.29, 0.717) is 0 Å². The Balaban J connectivity index is 3.05. The summed E-state index contributed by atoms with van der Waals surface area (Å²) in [4.78, 5) is 0. The van der Waals surface area contributed by atoms with Crippen molar-refractivity contribution < 1.29 is 5.11 Å². The average Bonchev–Trinajstić information content (AvgIpc) is 2.57. The van der Waals surface area contributed by atoms with E-state index in [2.05, 4.69) is 19.1 Å². The maximum atomic E-state index is 8.63. The lowest BCUT2D eigenvalue weighted by Gasteiger charge is -2.02. The molecule has 0 unspecified atom stereocenters. The molecule has 136 valence electrons. The summed E-state index contributed by atoms with van der Waals surface area (Å²) in [5.41, 5.74) is 0. The smallest absolute Gasteiger partial charge is 0.0465 e. The quantitative estimate of drug-likeness (QED) is 0.206. The minimum atomic E-state index is 0.253. The number of unbranched alkanes of at least 4 members (excludes halogenated alkanes) is 14. The Labute approximate surface area is 146 Å². The van der Waals surface area contributed by atoms with Crippen molar-refractivity contribution in [3.05, 3.63) is 24.3 Å². The lowest BCUT2D eigenvalue weighted by Crippen LogP contribution is -1.83.